The number of aryl methyl sites for hydroxylation is 1. The fourth-order valence-corrected chi connectivity index (χ4v) is 2.80. The van der Waals surface area contributed by atoms with Crippen molar-refractivity contribution in [1.29, 1.82) is 0 Å². The molecule has 0 bridgehead atoms. The molecule has 0 unspecified atom stereocenters. The van der Waals surface area contributed by atoms with E-state index in [2.05, 4.69) is 0 Å². The third kappa shape index (κ3) is 3.35. The average Bonchev–Trinajstić information content (AvgIpc) is 2.76. The smallest absolute Gasteiger partial charge is 0.457 e. The first-order valence-electron chi connectivity index (χ1n) is 8.42. The molecule has 0 atom stereocenters. The number of aldehydes is 1. The Balaban J connectivity index is 1.99. The molecule has 1 saturated heterocycles. The van der Waals surface area contributed by atoms with Crippen LogP contribution in [-0.2, 0) is 9.31 Å². The predicted octanol–water partition coefficient (Wildman–Crippen LogP) is 3.90. The van der Waals surface area contributed by atoms with Crippen LogP contribution in [-0.4, -0.2) is 24.6 Å². The molecule has 4 nitrogen and oxygen atoms in total. The van der Waals surface area contributed by atoms with Gasteiger partial charge in [-0.15, -0.1) is 0 Å². The number of benzene rings is 2. The third-order valence-corrected chi connectivity index (χ3v) is 5.00. The summed E-state index contributed by atoms with van der Waals surface area (Å²) < 4.78 is 18.2. The third-order valence-electron chi connectivity index (χ3n) is 5.00. The average molecular weight is 338 g/mol. The normalized spacial score (nSPS) is 18.2. The molecule has 2 aromatic rings. The standard InChI is InChI=1S/C20H23BO4/c1-14-11-16(23-15-9-7-6-8-10-15)12-18(17(14)13-22)21-24-19(2,3)20(4,5)25-21/h6-13H,1-5H3. The molecule has 0 N–H and O–H groups in total. The molecule has 0 spiro atoms. The van der Waals surface area contributed by atoms with E-state index in [1.165, 1.54) is 0 Å². The molecule has 0 saturated carbocycles. The highest BCUT2D eigenvalue weighted by atomic mass is 16.7. The van der Waals surface area contributed by atoms with E-state index in [1.807, 2.05) is 77.1 Å². The monoisotopic (exact) mass is 338 g/mol. The number of para-hydroxylation sites is 1. The van der Waals surface area contributed by atoms with Crippen molar-refractivity contribution in [3.8, 4) is 11.5 Å². The lowest BCUT2D eigenvalue weighted by Crippen LogP contribution is -2.41. The molecule has 0 aliphatic carbocycles. The lowest BCUT2D eigenvalue weighted by molar-refractivity contribution is 0.00578. The van der Waals surface area contributed by atoms with Crippen LogP contribution in [0.5, 0.6) is 11.5 Å². The minimum absolute atomic E-state index is 0.470. The summed E-state index contributed by atoms with van der Waals surface area (Å²) in [6.45, 7) is 9.85. The fourth-order valence-electron chi connectivity index (χ4n) is 2.80. The van der Waals surface area contributed by atoms with E-state index in [0.29, 0.717) is 16.8 Å². The number of carbonyl (C=O) groups is 1. The van der Waals surface area contributed by atoms with Crippen molar-refractivity contribution >= 4 is 18.9 Å². The highest BCUT2D eigenvalue weighted by Gasteiger charge is 2.52. The van der Waals surface area contributed by atoms with Crippen LogP contribution < -0.4 is 10.2 Å². The van der Waals surface area contributed by atoms with Crippen molar-refractivity contribution in [3.05, 3.63) is 53.6 Å². The van der Waals surface area contributed by atoms with Gasteiger partial charge in [-0.2, -0.15) is 0 Å². The van der Waals surface area contributed by atoms with Crippen molar-refractivity contribution in [2.24, 2.45) is 0 Å². The molecule has 1 aliphatic rings. The molecule has 1 aliphatic heterocycles. The number of ether oxygens (including phenoxy) is 1. The van der Waals surface area contributed by atoms with E-state index in [1.54, 1.807) is 0 Å². The van der Waals surface area contributed by atoms with Crippen LogP contribution in [0.3, 0.4) is 0 Å². The van der Waals surface area contributed by atoms with Crippen molar-refractivity contribution in [3.63, 3.8) is 0 Å². The van der Waals surface area contributed by atoms with Crippen molar-refractivity contribution < 1.29 is 18.8 Å². The summed E-state index contributed by atoms with van der Waals surface area (Å²) in [5, 5.41) is 0. The summed E-state index contributed by atoms with van der Waals surface area (Å²) in [6.07, 6.45) is 0.849. The van der Waals surface area contributed by atoms with Crippen LogP contribution in [0.4, 0.5) is 0 Å². The predicted molar refractivity (Wildman–Crippen MR) is 98.8 cm³/mol. The molecule has 0 amide bonds. The van der Waals surface area contributed by atoms with Crippen LogP contribution in [0.25, 0.3) is 0 Å². The Morgan fingerprint density at radius 3 is 2.12 bits per heavy atom. The molecule has 130 valence electrons. The van der Waals surface area contributed by atoms with Crippen LogP contribution >= 0.6 is 0 Å². The number of carbonyl (C=O) groups excluding carboxylic acids is 1. The van der Waals surface area contributed by atoms with Gasteiger partial charge in [0.2, 0.25) is 0 Å². The van der Waals surface area contributed by atoms with Crippen LogP contribution in [0.15, 0.2) is 42.5 Å². The van der Waals surface area contributed by atoms with E-state index in [9.17, 15) is 4.79 Å². The highest BCUT2D eigenvalue weighted by molar-refractivity contribution is 6.63. The molecule has 3 rings (SSSR count). The molecule has 25 heavy (non-hydrogen) atoms. The Bertz CT molecular complexity index is 768. The van der Waals surface area contributed by atoms with E-state index < -0.39 is 18.3 Å². The maximum Gasteiger partial charge on any atom is 0.495 e. The zero-order valence-corrected chi connectivity index (χ0v) is 15.3. The minimum Gasteiger partial charge on any atom is -0.457 e. The van der Waals surface area contributed by atoms with Gasteiger partial charge in [-0.3, -0.25) is 4.79 Å². The SMILES string of the molecule is Cc1cc(Oc2ccccc2)cc(B2OC(C)(C)C(C)(C)O2)c1C=O. The van der Waals surface area contributed by atoms with Gasteiger partial charge in [0, 0.05) is 5.56 Å². The zero-order chi connectivity index (χ0) is 18.2. The van der Waals surface area contributed by atoms with E-state index in [-0.39, 0.29) is 0 Å². The zero-order valence-electron chi connectivity index (χ0n) is 15.3. The van der Waals surface area contributed by atoms with Crippen LogP contribution in [0.2, 0.25) is 0 Å². The Morgan fingerprint density at radius 1 is 0.960 bits per heavy atom. The van der Waals surface area contributed by atoms with Crippen molar-refractivity contribution in [2.75, 3.05) is 0 Å². The molecule has 1 heterocycles. The van der Waals surface area contributed by atoms with Gasteiger partial charge in [0.25, 0.3) is 0 Å². The summed E-state index contributed by atoms with van der Waals surface area (Å²) in [5.74, 6) is 1.39. The van der Waals surface area contributed by atoms with Gasteiger partial charge in [-0.1, -0.05) is 18.2 Å². The number of hydrogen-bond donors (Lipinski definition) is 0. The maximum atomic E-state index is 11.6. The van der Waals surface area contributed by atoms with Gasteiger partial charge in [0.05, 0.1) is 11.2 Å². The summed E-state index contributed by atoms with van der Waals surface area (Å²) in [4.78, 5) is 11.6. The lowest BCUT2D eigenvalue weighted by Gasteiger charge is -2.32. The minimum atomic E-state index is -0.608. The van der Waals surface area contributed by atoms with Crippen LogP contribution in [0, 0.1) is 6.92 Å². The summed E-state index contributed by atoms with van der Waals surface area (Å²) in [6, 6.07) is 13.2. The maximum absolute atomic E-state index is 11.6. The molecule has 1 fully saturated rings. The first-order valence-corrected chi connectivity index (χ1v) is 8.42. The number of hydrogen-bond acceptors (Lipinski definition) is 4. The summed E-state index contributed by atoms with van der Waals surface area (Å²) in [5.41, 5.74) is 1.16. The van der Waals surface area contributed by atoms with Gasteiger partial charge < -0.3 is 14.0 Å². The second-order valence-electron chi connectivity index (χ2n) is 7.36. The second kappa shape index (κ2) is 6.32. The topological polar surface area (TPSA) is 44.8 Å². The van der Waals surface area contributed by atoms with Gasteiger partial charge >= 0.3 is 7.12 Å². The quantitative estimate of drug-likeness (QED) is 0.627. The van der Waals surface area contributed by atoms with Crippen molar-refractivity contribution in [2.45, 2.75) is 45.8 Å². The Labute approximate surface area is 149 Å². The summed E-state index contributed by atoms with van der Waals surface area (Å²) in [7, 11) is -0.608. The van der Waals surface area contributed by atoms with Gasteiger partial charge in [-0.05, 0) is 69.9 Å². The van der Waals surface area contributed by atoms with Gasteiger partial charge in [0.15, 0.2) is 0 Å². The molecule has 5 heteroatoms. The fraction of sp³-hybridized carbons (Fsp3) is 0.350. The largest absolute Gasteiger partial charge is 0.495 e. The summed E-state index contributed by atoms with van der Waals surface area (Å²) >= 11 is 0. The van der Waals surface area contributed by atoms with E-state index in [4.69, 9.17) is 14.0 Å². The Hall–Kier alpha value is -2.11. The molecule has 0 aromatic heterocycles. The number of rotatable bonds is 4. The Morgan fingerprint density at radius 2 is 1.56 bits per heavy atom. The second-order valence-corrected chi connectivity index (χ2v) is 7.36. The lowest BCUT2D eigenvalue weighted by atomic mass is 9.75. The van der Waals surface area contributed by atoms with E-state index >= 15 is 0 Å². The Kier molecular flexibility index (Phi) is 4.48. The molecular weight excluding hydrogens is 315 g/mol. The molecule has 0 radical (unpaired) electrons. The first kappa shape index (κ1) is 17.7. The van der Waals surface area contributed by atoms with Crippen LogP contribution in [0.1, 0.15) is 43.6 Å². The van der Waals surface area contributed by atoms with Gasteiger partial charge in [-0.25, -0.2) is 0 Å². The molecule has 2 aromatic carbocycles. The highest BCUT2D eigenvalue weighted by Crippen LogP contribution is 2.37. The van der Waals surface area contributed by atoms with E-state index in [0.717, 1.165) is 17.6 Å². The van der Waals surface area contributed by atoms with Crippen molar-refractivity contribution in [1.82, 2.24) is 0 Å². The van der Waals surface area contributed by atoms with Gasteiger partial charge in [0.1, 0.15) is 17.8 Å². The molecular formula is C20H23BO4. The first-order chi connectivity index (χ1) is 11.7.